The third-order valence-corrected chi connectivity index (χ3v) is 4.49. The molecule has 1 N–H and O–H groups in total. The second-order valence-electron chi connectivity index (χ2n) is 3.56. The molecule has 1 aliphatic heterocycles. The highest BCUT2D eigenvalue weighted by Gasteiger charge is 2.10. The number of thioether (sulfide) groups is 2. The van der Waals surface area contributed by atoms with E-state index in [0.29, 0.717) is 5.75 Å². The first-order valence-electron chi connectivity index (χ1n) is 5.52. The number of anilines is 1. The summed E-state index contributed by atoms with van der Waals surface area (Å²) in [5.41, 5.74) is 0.751. The van der Waals surface area contributed by atoms with Crippen LogP contribution >= 0.6 is 23.5 Å². The van der Waals surface area contributed by atoms with E-state index < -0.39 is 0 Å². The van der Waals surface area contributed by atoms with Gasteiger partial charge in [0.2, 0.25) is 5.91 Å². The van der Waals surface area contributed by atoms with Crippen molar-refractivity contribution in [3.8, 4) is 5.75 Å². The van der Waals surface area contributed by atoms with Crippen molar-refractivity contribution in [1.29, 1.82) is 0 Å². The van der Waals surface area contributed by atoms with E-state index in [1.54, 1.807) is 24.9 Å². The first-order chi connectivity index (χ1) is 8.78. The van der Waals surface area contributed by atoms with Crippen LogP contribution in [-0.4, -0.2) is 35.4 Å². The minimum atomic E-state index is -0.0246. The molecule has 6 heteroatoms. The molecule has 0 spiro atoms. The van der Waals surface area contributed by atoms with Crippen molar-refractivity contribution < 1.29 is 9.53 Å². The topological polar surface area (TPSA) is 50.7 Å². The predicted molar refractivity (Wildman–Crippen MR) is 78.8 cm³/mol. The minimum Gasteiger partial charge on any atom is -0.497 e. The average molecular weight is 282 g/mol. The molecule has 18 heavy (non-hydrogen) atoms. The van der Waals surface area contributed by atoms with Gasteiger partial charge in [0.25, 0.3) is 0 Å². The van der Waals surface area contributed by atoms with Gasteiger partial charge in [-0.2, -0.15) is 0 Å². The summed E-state index contributed by atoms with van der Waals surface area (Å²) in [5.74, 6) is 2.13. The lowest BCUT2D eigenvalue weighted by molar-refractivity contribution is -0.113. The summed E-state index contributed by atoms with van der Waals surface area (Å²) in [6.45, 7) is 0.866. The molecule has 0 saturated heterocycles. The Morgan fingerprint density at radius 3 is 3.22 bits per heavy atom. The summed E-state index contributed by atoms with van der Waals surface area (Å²) >= 11 is 3.20. The van der Waals surface area contributed by atoms with Crippen LogP contribution in [0.5, 0.6) is 5.75 Å². The van der Waals surface area contributed by atoms with Gasteiger partial charge in [0.05, 0.1) is 19.4 Å². The molecule has 1 aromatic carbocycles. The maximum atomic E-state index is 11.7. The van der Waals surface area contributed by atoms with E-state index in [0.717, 1.165) is 28.1 Å². The van der Waals surface area contributed by atoms with Crippen LogP contribution in [0.4, 0.5) is 5.69 Å². The average Bonchev–Trinajstić information content (AvgIpc) is 2.90. The SMILES string of the molecule is COc1cccc(NC(=O)CSC2=NCCS2)c1. The fourth-order valence-corrected chi connectivity index (χ4v) is 3.24. The summed E-state index contributed by atoms with van der Waals surface area (Å²) in [6, 6.07) is 7.32. The summed E-state index contributed by atoms with van der Waals surface area (Å²) in [4.78, 5) is 16.0. The number of aliphatic imine (C=N–C) groups is 1. The summed E-state index contributed by atoms with van der Waals surface area (Å²) in [5, 5.41) is 2.84. The molecular formula is C12H14N2O2S2. The molecular weight excluding hydrogens is 268 g/mol. The number of amides is 1. The van der Waals surface area contributed by atoms with E-state index in [-0.39, 0.29) is 5.91 Å². The van der Waals surface area contributed by atoms with Gasteiger partial charge < -0.3 is 10.1 Å². The number of hydrogen-bond acceptors (Lipinski definition) is 5. The molecule has 0 bridgehead atoms. The second kappa shape index (κ2) is 6.70. The molecule has 0 aromatic heterocycles. The molecule has 4 nitrogen and oxygen atoms in total. The Morgan fingerprint density at radius 2 is 2.50 bits per heavy atom. The van der Waals surface area contributed by atoms with Crippen molar-refractivity contribution >= 4 is 39.5 Å². The van der Waals surface area contributed by atoms with Crippen LogP contribution in [0.2, 0.25) is 0 Å². The Hall–Kier alpha value is -1.14. The van der Waals surface area contributed by atoms with Crippen LogP contribution in [0.25, 0.3) is 0 Å². The molecule has 0 aliphatic carbocycles. The Bertz CT molecular complexity index is 463. The molecule has 0 saturated carbocycles. The monoisotopic (exact) mass is 282 g/mol. The van der Waals surface area contributed by atoms with Crippen molar-refractivity contribution in [2.75, 3.05) is 30.5 Å². The zero-order chi connectivity index (χ0) is 12.8. The van der Waals surface area contributed by atoms with Crippen LogP contribution in [0.15, 0.2) is 29.3 Å². The minimum absolute atomic E-state index is 0.0246. The van der Waals surface area contributed by atoms with E-state index in [2.05, 4.69) is 10.3 Å². The molecule has 0 radical (unpaired) electrons. The molecule has 2 rings (SSSR count). The van der Waals surface area contributed by atoms with E-state index in [9.17, 15) is 4.79 Å². The lowest BCUT2D eigenvalue weighted by Gasteiger charge is -2.06. The predicted octanol–water partition coefficient (Wildman–Crippen LogP) is 2.47. The number of carbonyl (C=O) groups excluding carboxylic acids is 1. The van der Waals surface area contributed by atoms with Crippen LogP contribution in [0, 0.1) is 0 Å². The van der Waals surface area contributed by atoms with Crippen molar-refractivity contribution in [3.05, 3.63) is 24.3 Å². The molecule has 96 valence electrons. The number of nitrogens with zero attached hydrogens (tertiary/aromatic N) is 1. The van der Waals surface area contributed by atoms with Gasteiger partial charge in [0.1, 0.15) is 10.1 Å². The van der Waals surface area contributed by atoms with Gasteiger partial charge in [-0.1, -0.05) is 29.6 Å². The smallest absolute Gasteiger partial charge is 0.234 e. The normalized spacial score (nSPS) is 14.2. The van der Waals surface area contributed by atoms with Crippen molar-refractivity contribution in [1.82, 2.24) is 0 Å². The van der Waals surface area contributed by atoms with Crippen LogP contribution in [-0.2, 0) is 4.79 Å². The Balaban J connectivity index is 1.82. The molecule has 1 aliphatic rings. The summed E-state index contributed by atoms with van der Waals surface area (Å²) < 4.78 is 6.11. The second-order valence-corrected chi connectivity index (χ2v) is 5.87. The number of rotatable bonds is 4. The zero-order valence-electron chi connectivity index (χ0n) is 10.0. The van der Waals surface area contributed by atoms with Gasteiger partial charge in [0.15, 0.2) is 0 Å². The lowest BCUT2D eigenvalue weighted by Crippen LogP contribution is -2.14. The van der Waals surface area contributed by atoms with Crippen molar-refractivity contribution in [2.45, 2.75) is 0 Å². The maximum absolute atomic E-state index is 11.7. The van der Waals surface area contributed by atoms with Crippen LogP contribution < -0.4 is 10.1 Å². The molecule has 0 fully saturated rings. The van der Waals surface area contributed by atoms with Gasteiger partial charge in [-0.15, -0.1) is 0 Å². The fourth-order valence-electron chi connectivity index (χ4n) is 1.43. The van der Waals surface area contributed by atoms with Gasteiger partial charge in [-0.3, -0.25) is 9.79 Å². The third-order valence-electron chi connectivity index (χ3n) is 2.24. The number of nitrogens with one attached hydrogen (secondary N) is 1. The van der Waals surface area contributed by atoms with Crippen LogP contribution in [0.1, 0.15) is 0 Å². The highest BCUT2D eigenvalue weighted by Crippen LogP contribution is 2.22. The van der Waals surface area contributed by atoms with E-state index >= 15 is 0 Å². The Morgan fingerprint density at radius 1 is 1.61 bits per heavy atom. The fraction of sp³-hybridized carbons (Fsp3) is 0.333. The van der Waals surface area contributed by atoms with Gasteiger partial charge in [0, 0.05) is 17.5 Å². The molecule has 1 aromatic rings. The molecule has 0 unspecified atom stereocenters. The number of ether oxygens (including phenoxy) is 1. The molecule has 1 heterocycles. The third kappa shape index (κ3) is 3.96. The van der Waals surface area contributed by atoms with Gasteiger partial charge >= 0.3 is 0 Å². The highest BCUT2D eigenvalue weighted by atomic mass is 32.2. The quantitative estimate of drug-likeness (QED) is 0.921. The first kappa shape index (κ1) is 13.3. The first-order valence-corrected chi connectivity index (χ1v) is 7.49. The Kier molecular flexibility index (Phi) is 4.95. The molecule has 0 atom stereocenters. The van der Waals surface area contributed by atoms with Crippen molar-refractivity contribution in [2.24, 2.45) is 4.99 Å². The van der Waals surface area contributed by atoms with Crippen molar-refractivity contribution in [3.63, 3.8) is 0 Å². The van der Waals surface area contributed by atoms with Gasteiger partial charge in [-0.25, -0.2) is 0 Å². The summed E-state index contributed by atoms with van der Waals surface area (Å²) in [6.07, 6.45) is 0. The van der Waals surface area contributed by atoms with E-state index in [1.165, 1.54) is 11.8 Å². The summed E-state index contributed by atoms with van der Waals surface area (Å²) in [7, 11) is 1.60. The molecule has 1 amide bonds. The number of benzene rings is 1. The lowest BCUT2D eigenvalue weighted by atomic mass is 10.3. The Labute approximate surface area is 115 Å². The van der Waals surface area contributed by atoms with Gasteiger partial charge in [-0.05, 0) is 12.1 Å². The number of hydrogen-bond donors (Lipinski definition) is 1. The number of carbonyl (C=O) groups is 1. The van der Waals surface area contributed by atoms with E-state index in [1.807, 2.05) is 18.2 Å². The maximum Gasteiger partial charge on any atom is 0.234 e. The zero-order valence-corrected chi connectivity index (χ0v) is 11.6. The highest BCUT2D eigenvalue weighted by molar-refractivity contribution is 8.39. The van der Waals surface area contributed by atoms with Crippen LogP contribution in [0.3, 0.4) is 0 Å². The standard InChI is InChI=1S/C12H14N2O2S2/c1-16-10-4-2-3-9(7-10)14-11(15)8-18-12-13-5-6-17-12/h2-4,7H,5-6,8H2,1H3,(H,14,15). The number of methoxy groups -OCH3 is 1. The largest absolute Gasteiger partial charge is 0.497 e. The van der Waals surface area contributed by atoms with E-state index in [4.69, 9.17) is 4.74 Å².